The zero-order valence-electron chi connectivity index (χ0n) is 8.97. The van der Waals surface area contributed by atoms with Crippen LogP contribution in [0.3, 0.4) is 0 Å². The van der Waals surface area contributed by atoms with E-state index in [0.717, 1.165) is 24.2 Å². The Morgan fingerprint density at radius 2 is 1.80 bits per heavy atom. The van der Waals surface area contributed by atoms with Crippen LogP contribution in [-0.4, -0.2) is 30.1 Å². The largest absolute Gasteiger partial charge is 0.471 e. The summed E-state index contributed by atoms with van der Waals surface area (Å²) in [5.74, 6) is -1.56. The molecule has 1 fully saturated rings. The number of alkyl halides is 3. The number of carbonyl (C=O) groups excluding carboxylic acids is 1. The number of hydrogen-bond acceptors (Lipinski definition) is 1. The van der Waals surface area contributed by atoms with Gasteiger partial charge in [-0.1, -0.05) is 19.8 Å². The lowest BCUT2D eigenvalue weighted by molar-refractivity contribution is -0.187. The first-order valence-corrected chi connectivity index (χ1v) is 5.18. The lowest BCUT2D eigenvalue weighted by Crippen LogP contribution is -2.48. The molecule has 5 heteroatoms. The van der Waals surface area contributed by atoms with Gasteiger partial charge >= 0.3 is 12.1 Å². The number of amides is 1. The van der Waals surface area contributed by atoms with E-state index in [-0.39, 0.29) is 12.0 Å². The van der Waals surface area contributed by atoms with Gasteiger partial charge in [0, 0.05) is 13.1 Å². The Labute approximate surface area is 87.4 Å². The summed E-state index contributed by atoms with van der Waals surface area (Å²) in [5.41, 5.74) is 0. The molecule has 0 aromatic heterocycles. The molecule has 1 aliphatic rings. The highest BCUT2D eigenvalue weighted by molar-refractivity contribution is 5.81. The minimum absolute atomic E-state index is 0.162. The summed E-state index contributed by atoms with van der Waals surface area (Å²) in [6, 6.07) is -0.257. The monoisotopic (exact) mass is 223 g/mol. The Morgan fingerprint density at radius 1 is 1.27 bits per heavy atom. The van der Waals surface area contributed by atoms with Crippen LogP contribution in [0.2, 0.25) is 0 Å². The van der Waals surface area contributed by atoms with Crippen LogP contribution in [0, 0.1) is 5.92 Å². The molecule has 2 unspecified atom stereocenters. The maximum Gasteiger partial charge on any atom is 0.471 e. The summed E-state index contributed by atoms with van der Waals surface area (Å²) in [4.78, 5) is 11.9. The molecule has 0 heterocycles. The van der Waals surface area contributed by atoms with Gasteiger partial charge in [0.05, 0.1) is 0 Å². The van der Waals surface area contributed by atoms with Crippen LogP contribution in [0.4, 0.5) is 13.2 Å². The molecule has 0 N–H and O–H groups in total. The molecule has 0 radical (unpaired) electrons. The first-order chi connectivity index (χ1) is 6.84. The zero-order valence-corrected chi connectivity index (χ0v) is 8.97. The van der Waals surface area contributed by atoms with Crippen molar-refractivity contribution in [3.63, 3.8) is 0 Å². The molecule has 1 amide bonds. The molecule has 0 spiro atoms. The third kappa shape index (κ3) is 2.86. The Kier molecular flexibility index (Phi) is 3.62. The molecule has 15 heavy (non-hydrogen) atoms. The molecule has 1 rings (SSSR count). The average molecular weight is 223 g/mol. The topological polar surface area (TPSA) is 20.3 Å². The van der Waals surface area contributed by atoms with Crippen molar-refractivity contribution in [3.8, 4) is 0 Å². The fourth-order valence-corrected chi connectivity index (χ4v) is 2.22. The van der Waals surface area contributed by atoms with Crippen molar-refractivity contribution in [2.45, 2.75) is 44.8 Å². The molecule has 0 aliphatic heterocycles. The second-order valence-corrected chi connectivity index (χ2v) is 4.24. The van der Waals surface area contributed by atoms with E-state index < -0.39 is 12.1 Å². The second-order valence-electron chi connectivity index (χ2n) is 4.24. The van der Waals surface area contributed by atoms with Crippen LogP contribution < -0.4 is 0 Å². The van der Waals surface area contributed by atoms with Crippen molar-refractivity contribution in [1.29, 1.82) is 0 Å². The van der Waals surface area contributed by atoms with E-state index in [1.807, 2.05) is 6.92 Å². The first kappa shape index (κ1) is 12.3. The number of rotatable bonds is 1. The predicted molar refractivity (Wildman–Crippen MR) is 50.2 cm³/mol. The molecule has 2 atom stereocenters. The van der Waals surface area contributed by atoms with Gasteiger partial charge in [0.25, 0.3) is 0 Å². The van der Waals surface area contributed by atoms with Gasteiger partial charge in [-0.15, -0.1) is 0 Å². The smallest absolute Gasteiger partial charge is 0.335 e. The minimum Gasteiger partial charge on any atom is -0.335 e. The molecule has 1 aliphatic carbocycles. The summed E-state index contributed by atoms with van der Waals surface area (Å²) >= 11 is 0. The average Bonchev–Trinajstić information content (AvgIpc) is 2.15. The van der Waals surface area contributed by atoms with Gasteiger partial charge in [-0.25, -0.2) is 0 Å². The van der Waals surface area contributed by atoms with Crippen molar-refractivity contribution in [2.24, 2.45) is 5.92 Å². The van der Waals surface area contributed by atoms with Gasteiger partial charge in [-0.2, -0.15) is 13.2 Å². The van der Waals surface area contributed by atoms with Gasteiger partial charge in [0.2, 0.25) is 0 Å². The van der Waals surface area contributed by atoms with E-state index in [2.05, 4.69) is 0 Å². The third-order valence-corrected chi connectivity index (χ3v) is 3.13. The van der Waals surface area contributed by atoms with E-state index in [4.69, 9.17) is 0 Å². The molecule has 88 valence electrons. The molecule has 0 aromatic rings. The predicted octanol–water partition coefficient (Wildman–Crippen LogP) is 2.59. The van der Waals surface area contributed by atoms with E-state index in [0.29, 0.717) is 6.42 Å². The fraction of sp³-hybridized carbons (Fsp3) is 0.900. The highest BCUT2D eigenvalue weighted by Gasteiger charge is 2.44. The van der Waals surface area contributed by atoms with Gasteiger partial charge in [0.1, 0.15) is 0 Å². The molecule has 1 saturated carbocycles. The molecule has 0 aromatic carbocycles. The quantitative estimate of drug-likeness (QED) is 0.669. The molecule has 0 saturated heterocycles. The fourth-order valence-electron chi connectivity index (χ4n) is 2.22. The van der Waals surface area contributed by atoms with Crippen molar-refractivity contribution < 1.29 is 18.0 Å². The summed E-state index contributed by atoms with van der Waals surface area (Å²) in [5, 5.41) is 0. The molecule has 0 bridgehead atoms. The van der Waals surface area contributed by atoms with E-state index in [1.54, 1.807) is 0 Å². The highest BCUT2D eigenvalue weighted by atomic mass is 19.4. The summed E-state index contributed by atoms with van der Waals surface area (Å²) in [7, 11) is 1.25. The second kappa shape index (κ2) is 4.41. The van der Waals surface area contributed by atoms with Crippen LogP contribution in [-0.2, 0) is 4.79 Å². The maximum absolute atomic E-state index is 12.2. The zero-order chi connectivity index (χ0) is 11.6. The SMILES string of the molecule is CC1CCCCC1N(C)C(=O)C(F)(F)F. The highest BCUT2D eigenvalue weighted by Crippen LogP contribution is 2.29. The van der Waals surface area contributed by atoms with Crippen molar-refractivity contribution in [2.75, 3.05) is 7.05 Å². The van der Waals surface area contributed by atoms with Crippen LogP contribution in [0.25, 0.3) is 0 Å². The minimum atomic E-state index is -4.74. The molecule has 2 nitrogen and oxygen atoms in total. The Bertz CT molecular complexity index is 239. The van der Waals surface area contributed by atoms with Crippen LogP contribution >= 0.6 is 0 Å². The van der Waals surface area contributed by atoms with E-state index >= 15 is 0 Å². The van der Waals surface area contributed by atoms with Crippen molar-refractivity contribution in [3.05, 3.63) is 0 Å². The number of carbonyl (C=O) groups is 1. The van der Waals surface area contributed by atoms with Crippen molar-refractivity contribution in [1.82, 2.24) is 4.90 Å². The van der Waals surface area contributed by atoms with Gasteiger partial charge in [-0.3, -0.25) is 4.79 Å². The molecular formula is C10H16F3NO. The van der Waals surface area contributed by atoms with Gasteiger partial charge < -0.3 is 4.90 Å². The van der Waals surface area contributed by atoms with Gasteiger partial charge in [0.15, 0.2) is 0 Å². The normalized spacial score (nSPS) is 27.5. The number of nitrogens with zero attached hydrogens (tertiary/aromatic N) is 1. The Balaban J connectivity index is 2.66. The summed E-state index contributed by atoms with van der Waals surface area (Å²) < 4.78 is 36.6. The van der Waals surface area contributed by atoms with Crippen LogP contribution in [0.5, 0.6) is 0 Å². The third-order valence-electron chi connectivity index (χ3n) is 3.13. The first-order valence-electron chi connectivity index (χ1n) is 5.18. The number of hydrogen-bond donors (Lipinski definition) is 0. The maximum atomic E-state index is 12.2. The van der Waals surface area contributed by atoms with Crippen molar-refractivity contribution >= 4 is 5.91 Å². The number of halogens is 3. The van der Waals surface area contributed by atoms with E-state index in [1.165, 1.54) is 7.05 Å². The lowest BCUT2D eigenvalue weighted by atomic mass is 9.85. The van der Waals surface area contributed by atoms with Crippen LogP contribution in [0.15, 0.2) is 0 Å². The van der Waals surface area contributed by atoms with Crippen LogP contribution in [0.1, 0.15) is 32.6 Å². The summed E-state index contributed by atoms with van der Waals surface area (Å²) in [6.07, 6.45) is -1.21. The Hall–Kier alpha value is -0.740. The Morgan fingerprint density at radius 3 is 2.27 bits per heavy atom. The summed E-state index contributed by atoms with van der Waals surface area (Å²) in [6.45, 7) is 1.91. The lowest BCUT2D eigenvalue weighted by Gasteiger charge is -2.36. The molecular weight excluding hydrogens is 207 g/mol. The van der Waals surface area contributed by atoms with E-state index in [9.17, 15) is 18.0 Å². The van der Waals surface area contributed by atoms with Gasteiger partial charge in [-0.05, 0) is 18.8 Å². The standard InChI is InChI=1S/C10H16F3NO/c1-7-5-3-4-6-8(7)14(2)9(15)10(11,12)13/h7-8H,3-6H2,1-2H3.